The molecule has 3 rings (SSSR count). The Morgan fingerprint density at radius 3 is 2.63 bits per heavy atom. The van der Waals surface area contributed by atoms with E-state index < -0.39 is 0 Å². The summed E-state index contributed by atoms with van der Waals surface area (Å²) in [6.45, 7) is 0. The summed E-state index contributed by atoms with van der Waals surface area (Å²) in [4.78, 5) is 7.63. The predicted octanol–water partition coefficient (Wildman–Crippen LogP) is 3.79. The molecule has 0 saturated heterocycles. The number of nitrogens with zero attached hydrogens (tertiary/aromatic N) is 2. The Balaban J connectivity index is 1.91. The van der Waals surface area contributed by atoms with Crippen LogP contribution in [-0.4, -0.2) is 11.2 Å². The van der Waals surface area contributed by atoms with Crippen LogP contribution in [0.3, 0.4) is 0 Å². The van der Waals surface area contributed by atoms with Crippen LogP contribution in [0.5, 0.6) is 0 Å². The van der Waals surface area contributed by atoms with Gasteiger partial charge in [0.25, 0.3) is 0 Å². The summed E-state index contributed by atoms with van der Waals surface area (Å²) in [5, 5.41) is 9.89. The van der Waals surface area contributed by atoms with Crippen LogP contribution in [0.2, 0.25) is 0 Å². The zero-order valence-electron chi connectivity index (χ0n) is 10.2. The monoisotopic (exact) mass is 245 g/mol. The first-order valence-corrected chi connectivity index (χ1v) is 5.97. The lowest BCUT2D eigenvalue weighted by Crippen LogP contribution is -1.77. The topological polar surface area (TPSA) is 51.9 Å². The van der Waals surface area contributed by atoms with Gasteiger partial charge in [-0.2, -0.15) is 5.26 Å². The molecule has 0 saturated carbocycles. The standard InChI is InChI=1S/C16H11N3/c17-9-12-5-7-14(8-6-12)18-10-13-11-19-16-4-2-1-3-15(13)16/h1-8,10-11,19H. The van der Waals surface area contributed by atoms with E-state index in [2.05, 4.69) is 22.1 Å². The summed E-state index contributed by atoms with van der Waals surface area (Å²) in [7, 11) is 0. The molecule has 0 amide bonds. The molecule has 3 nitrogen and oxygen atoms in total. The Kier molecular flexibility index (Phi) is 2.83. The highest BCUT2D eigenvalue weighted by molar-refractivity contribution is 5.99. The third-order valence-corrected chi connectivity index (χ3v) is 2.97. The molecule has 0 aliphatic heterocycles. The average molecular weight is 245 g/mol. The minimum atomic E-state index is 0.644. The number of H-pyrrole nitrogens is 1. The van der Waals surface area contributed by atoms with E-state index in [1.807, 2.05) is 42.7 Å². The van der Waals surface area contributed by atoms with E-state index in [-0.39, 0.29) is 0 Å². The molecule has 0 atom stereocenters. The minimum Gasteiger partial charge on any atom is -0.361 e. The molecule has 19 heavy (non-hydrogen) atoms. The molecule has 90 valence electrons. The van der Waals surface area contributed by atoms with Crippen molar-refractivity contribution in [2.24, 2.45) is 4.99 Å². The fraction of sp³-hybridized carbons (Fsp3) is 0. The van der Waals surface area contributed by atoms with E-state index in [0.29, 0.717) is 5.56 Å². The number of fused-ring (bicyclic) bond motifs is 1. The lowest BCUT2D eigenvalue weighted by molar-refractivity contribution is 1.46. The molecule has 1 aromatic heterocycles. The zero-order chi connectivity index (χ0) is 13.1. The first kappa shape index (κ1) is 11.2. The number of benzene rings is 2. The first-order chi connectivity index (χ1) is 9.36. The van der Waals surface area contributed by atoms with Crippen LogP contribution in [0.15, 0.2) is 59.7 Å². The summed E-state index contributed by atoms with van der Waals surface area (Å²) >= 11 is 0. The van der Waals surface area contributed by atoms with E-state index in [1.165, 1.54) is 0 Å². The van der Waals surface area contributed by atoms with E-state index in [4.69, 9.17) is 5.26 Å². The molecule has 0 aliphatic carbocycles. The lowest BCUT2D eigenvalue weighted by atomic mass is 10.2. The second kappa shape index (κ2) is 4.79. The van der Waals surface area contributed by atoms with Gasteiger partial charge in [0.2, 0.25) is 0 Å². The fourth-order valence-electron chi connectivity index (χ4n) is 1.97. The maximum atomic E-state index is 8.73. The van der Waals surface area contributed by atoms with Crippen molar-refractivity contribution in [2.75, 3.05) is 0 Å². The number of hydrogen-bond acceptors (Lipinski definition) is 2. The molecular weight excluding hydrogens is 234 g/mol. The van der Waals surface area contributed by atoms with E-state index in [1.54, 1.807) is 12.1 Å². The smallest absolute Gasteiger partial charge is 0.0991 e. The Labute approximate surface area is 110 Å². The van der Waals surface area contributed by atoms with E-state index >= 15 is 0 Å². The highest BCUT2D eigenvalue weighted by Gasteiger charge is 1.99. The van der Waals surface area contributed by atoms with Crippen molar-refractivity contribution in [1.82, 2.24) is 4.98 Å². The maximum Gasteiger partial charge on any atom is 0.0991 e. The summed E-state index contributed by atoms with van der Waals surface area (Å²) in [6.07, 6.45) is 3.78. The number of rotatable bonds is 2. The molecule has 0 radical (unpaired) electrons. The molecular formula is C16H11N3. The Morgan fingerprint density at radius 1 is 1.05 bits per heavy atom. The number of aromatic nitrogens is 1. The average Bonchev–Trinajstić information content (AvgIpc) is 2.89. The molecule has 0 aliphatic rings. The lowest BCUT2D eigenvalue weighted by Gasteiger charge is -1.93. The second-order valence-corrected chi connectivity index (χ2v) is 4.21. The van der Waals surface area contributed by atoms with Crippen LogP contribution < -0.4 is 0 Å². The van der Waals surface area contributed by atoms with Gasteiger partial charge in [-0.1, -0.05) is 18.2 Å². The predicted molar refractivity (Wildman–Crippen MR) is 76.7 cm³/mol. The molecule has 1 N–H and O–H groups in total. The van der Waals surface area contributed by atoms with E-state index in [0.717, 1.165) is 22.2 Å². The van der Waals surface area contributed by atoms with Gasteiger partial charge < -0.3 is 4.98 Å². The maximum absolute atomic E-state index is 8.73. The SMILES string of the molecule is N#Cc1ccc(N=Cc2c[nH]c3ccccc23)cc1. The third-order valence-electron chi connectivity index (χ3n) is 2.97. The highest BCUT2D eigenvalue weighted by atomic mass is 14.7. The van der Waals surface area contributed by atoms with Gasteiger partial charge in [-0.15, -0.1) is 0 Å². The summed E-state index contributed by atoms with van der Waals surface area (Å²) in [5.74, 6) is 0. The summed E-state index contributed by atoms with van der Waals surface area (Å²) in [5.41, 5.74) is 3.64. The van der Waals surface area contributed by atoms with Crippen molar-refractivity contribution in [2.45, 2.75) is 0 Å². The van der Waals surface area contributed by atoms with Crippen molar-refractivity contribution in [3.8, 4) is 6.07 Å². The first-order valence-electron chi connectivity index (χ1n) is 5.97. The Bertz CT molecular complexity index is 774. The van der Waals surface area contributed by atoms with Crippen LogP contribution in [0, 0.1) is 11.3 Å². The quantitative estimate of drug-likeness (QED) is 0.686. The number of aromatic amines is 1. The van der Waals surface area contributed by atoms with Crippen molar-refractivity contribution in [3.63, 3.8) is 0 Å². The van der Waals surface area contributed by atoms with Gasteiger partial charge in [-0.05, 0) is 30.3 Å². The van der Waals surface area contributed by atoms with Crippen LogP contribution in [0.4, 0.5) is 5.69 Å². The van der Waals surface area contributed by atoms with Gasteiger partial charge in [-0.25, -0.2) is 0 Å². The van der Waals surface area contributed by atoms with Crippen LogP contribution >= 0.6 is 0 Å². The molecule has 0 fully saturated rings. The molecule has 1 heterocycles. The van der Waals surface area contributed by atoms with Gasteiger partial charge >= 0.3 is 0 Å². The van der Waals surface area contributed by atoms with Crippen LogP contribution in [0.25, 0.3) is 10.9 Å². The molecule has 0 unspecified atom stereocenters. The van der Waals surface area contributed by atoms with Gasteiger partial charge in [0.05, 0.1) is 17.3 Å². The fourth-order valence-corrected chi connectivity index (χ4v) is 1.97. The van der Waals surface area contributed by atoms with Gasteiger partial charge in [0.1, 0.15) is 0 Å². The zero-order valence-corrected chi connectivity index (χ0v) is 10.2. The van der Waals surface area contributed by atoms with Gasteiger partial charge in [0.15, 0.2) is 0 Å². The van der Waals surface area contributed by atoms with Crippen LogP contribution in [0.1, 0.15) is 11.1 Å². The third kappa shape index (κ3) is 2.24. The van der Waals surface area contributed by atoms with Gasteiger partial charge in [0, 0.05) is 28.9 Å². The largest absolute Gasteiger partial charge is 0.361 e. The van der Waals surface area contributed by atoms with Crippen molar-refractivity contribution in [1.29, 1.82) is 5.26 Å². The van der Waals surface area contributed by atoms with Crippen molar-refractivity contribution in [3.05, 3.63) is 65.9 Å². The number of nitrogens with one attached hydrogen (secondary N) is 1. The summed E-state index contributed by atoms with van der Waals surface area (Å²) < 4.78 is 0. The molecule has 3 aromatic rings. The second-order valence-electron chi connectivity index (χ2n) is 4.21. The number of para-hydroxylation sites is 1. The minimum absolute atomic E-state index is 0.644. The number of hydrogen-bond donors (Lipinski definition) is 1. The van der Waals surface area contributed by atoms with Crippen molar-refractivity contribution < 1.29 is 0 Å². The molecule has 0 spiro atoms. The molecule has 3 heteroatoms. The number of nitriles is 1. The number of aliphatic imine (C=N–C) groups is 1. The molecule has 2 aromatic carbocycles. The Hall–Kier alpha value is -2.86. The molecule has 0 bridgehead atoms. The highest BCUT2D eigenvalue weighted by Crippen LogP contribution is 2.18. The van der Waals surface area contributed by atoms with Gasteiger partial charge in [-0.3, -0.25) is 4.99 Å². The van der Waals surface area contributed by atoms with Crippen LogP contribution in [-0.2, 0) is 0 Å². The summed E-state index contributed by atoms with van der Waals surface area (Å²) in [6, 6.07) is 17.4. The Morgan fingerprint density at radius 2 is 1.84 bits per heavy atom. The van der Waals surface area contributed by atoms with Crippen molar-refractivity contribution >= 4 is 22.8 Å². The normalized spacial score (nSPS) is 10.9. The van der Waals surface area contributed by atoms with E-state index in [9.17, 15) is 0 Å².